The monoisotopic (exact) mass is 448 g/mol. The van der Waals surface area contributed by atoms with Crippen molar-refractivity contribution in [2.24, 2.45) is 0 Å². The van der Waals surface area contributed by atoms with Crippen LogP contribution in [0, 0.1) is 6.92 Å². The van der Waals surface area contributed by atoms with Gasteiger partial charge in [0.15, 0.2) is 0 Å². The third-order valence-electron chi connectivity index (χ3n) is 7.23. The van der Waals surface area contributed by atoms with Crippen LogP contribution in [0.25, 0.3) is 11.1 Å². The molecule has 0 atom stereocenters. The molecule has 0 aromatic heterocycles. The lowest BCUT2D eigenvalue weighted by Crippen LogP contribution is -2.30. The lowest BCUT2D eigenvalue weighted by atomic mass is 9.65. The predicted octanol–water partition coefficient (Wildman–Crippen LogP) is 8.71. The fourth-order valence-electron chi connectivity index (χ4n) is 5.25. The highest BCUT2D eigenvalue weighted by Crippen LogP contribution is 2.45. The quantitative estimate of drug-likeness (QED) is 0.294. The molecule has 0 radical (unpaired) electrons. The van der Waals surface area contributed by atoms with Crippen molar-refractivity contribution in [3.05, 3.63) is 114 Å². The zero-order chi connectivity index (χ0) is 23.4. The van der Waals surface area contributed by atoms with Crippen LogP contribution in [0.1, 0.15) is 48.8 Å². The van der Waals surface area contributed by atoms with Gasteiger partial charge in [-0.2, -0.15) is 0 Å². The number of ether oxygens (including phenoxy) is 2. The van der Waals surface area contributed by atoms with Crippen LogP contribution in [-0.4, -0.2) is 7.11 Å². The summed E-state index contributed by atoms with van der Waals surface area (Å²) in [6.07, 6.45) is 6.20. The molecule has 34 heavy (non-hydrogen) atoms. The number of methoxy groups -OCH3 is 1. The number of rotatable bonds is 6. The molecule has 4 aromatic carbocycles. The van der Waals surface area contributed by atoms with E-state index in [4.69, 9.17) is 9.47 Å². The number of aryl methyl sites for hydroxylation is 1. The van der Waals surface area contributed by atoms with Crippen LogP contribution < -0.4 is 9.47 Å². The Balaban J connectivity index is 1.35. The van der Waals surface area contributed by atoms with Crippen LogP contribution in [0.5, 0.6) is 17.2 Å². The van der Waals surface area contributed by atoms with E-state index in [1.807, 2.05) is 12.1 Å². The normalized spacial score (nSPS) is 15.0. The summed E-state index contributed by atoms with van der Waals surface area (Å²) < 4.78 is 11.6. The zero-order valence-corrected chi connectivity index (χ0v) is 20.1. The molecule has 0 heterocycles. The van der Waals surface area contributed by atoms with E-state index in [1.165, 1.54) is 59.9 Å². The first-order valence-corrected chi connectivity index (χ1v) is 12.3. The zero-order valence-electron chi connectivity index (χ0n) is 20.1. The fourth-order valence-corrected chi connectivity index (χ4v) is 5.25. The molecule has 4 aromatic rings. The molecule has 0 spiro atoms. The molecule has 1 saturated carbocycles. The van der Waals surface area contributed by atoms with E-state index in [0.717, 1.165) is 17.2 Å². The van der Waals surface area contributed by atoms with Crippen molar-refractivity contribution >= 4 is 0 Å². The van der Waals surface area contributed by atoms with Crippen LogP contribution >= 0.6 is 0 Å². The Kier molecular flexibility index (Phi) is 6.40. The highest BCUT2D eigenvalue weighted by molar-refractivity contribution is 5.64. The van der Waals surface area contributed by atoms with Crippen LogP contribution in [-0.2, 0) is 5.41 Å². The summed E-state index contributed by atoms with van der Waals surface area (Å²) in [6, 6.07) is 34.3. The average Bonchev–Trinajstić information content (AvgIpc) is 2.90. The lowest BCUT2D eigenvalue weighted by Gasteiger charge is -2.38. The summed E-state index contributed by atoms with van der Waals surface area (Å²) in [6.45, 7) is 2.11. The Labute approximate surface area is 203 Å². The van der Waals surface area contributed by atoms with E-state index in [0.29, 0.717) is 0 Å². The van der Waals surface area contributed by atoms with Gasteiger partial charge in [-0.05, 0) is 78.4 Å². The van der Waals surface area contributed by atoms with Gasteiger partial charge in [-0.3, -0.25) is 0 Å². The third kappa shape index (κ3) is 4.59. The summed E-state index contributed by atoms with van der Waals surface area (Å²) in [5.41, 5.74) is 6.51. The summed E-state index contributed by atoms with van der Waals surface area (Å²) in [5, 5.41) is 0. The van der Waals surface area contributed by atoms with Gasteiger partial charge in [0, 0.05) is 5.41 Å². The molecule has 0 unspecified atom stereocenters. The number of benzene rings is 4. The van der Waals surface area contributed by atoms with Crippen molar-refractivity contribution in [1.29, 1.82) is 0 Å². The second kappa shape index (κ2) is 9.77. The molecular formula is C32H32O2. The second-order valence-electron chi connectivity index (χ2n) is 9.39. The van der Waals surface area contributed by atoms with Gasteiger partial charge in [0.2, 0.25) is 0 Å². The Hall–Kier alpha value is -3.52. The minimum atomic E-state index is 0.0682. The van der Waals surface area contributed by atoms with Gasteiger partial charge in [-0.25, -0.2) is 0 Å². The van der Waals surface area contributed by atoms with Gasteiger partial charge in [-0.1, -0.05) is 85.5 Å². The molecule has 0 saturated heterocycles. The van der Waals surface area contributed by atoms with Gasteiger partial charge >= 0.3 is 0 Å². The van der Waals surface area contributed by atoms with Gasteiger partial charge in [0.25, 0.3) is 0 Å². The summed E-state index contributed by atoms with van der Waals surface area (Å²) in [7, 11) is 1.72. The van der Waals surface area contributed by atoms with Crippen LogP contribution in [0.2, 0.25) is 0 Å². The number of hydrogen-bond acceptors (Lipinski definition) is 2. The molecular weight excluding hydrogens is 416 g/mol. The van der Waals surface area contributed by atoms with E-state index in [1.54, 1.807) is 7.11 Å². The molecule has 1 fully saturated rings. The van der Waals surface area contributed by atoms with Gasteiger partial charge < -0.3 is 9.47 Å². The Morgan fingerprint density at radius 3 is 1.47 bits per heavy atom. The maximum Gasteiger partial charge on any atom is 0.127 e. The summed E-state index contributed by atoms with van der Waals surface area (Å²) in [4.78, 5) is 0. The van der Waals surface area contributed by atoms with E-state index in [-0.39, 0.29) is 5.41 Å². The van der Waals surface area contributed by atoms with Crippen molar-refractivity contribution in [3.63, 3.8) is 0 Å². The standard InChI is InChI=1S/C32H32O2/c1-24-6-8-25(9-7-24)26-10-16-30(17-11-26)34-31-20-14-28(15-21-31)32(22-4-3-5-23-32)27-12-18-29(33-2)19-13-27/h6-21H,3-5,22-23H2,1-2H3. The predicted molar refractivity (Wildman–Crippen MR) is 140 cm³/mol. The van der Waals surface area contributed by atoms with E-state index >= 15 is 0 Å². The average molecular weight is 449 g/mol. The molecule has 0 bridgehead atoms. The highest BCUT2D eigenvalue weighted by atomic mass is 16.5. The maximum atomic E-state index is 6.18. The van der Waals surface area contributed by atoms with Crippen molar-refractivity contribution in [2.45, 2.75) is 44.4 Å². The third-order valence-corrected chi connectivity index (χ3v) is 7.23. The first-order valence-electron chi connectivity index (χ1n) is 12.3. The molecule has 5 rings (SSSR count). The minimum absolute atomic E-state index is 0.0682. The van der Waals surface area contributed by atoms with E-state index < -0.39 is 0 Å². The largest absolute Gasteiger partial charge is 0.497 e. The summed E-state index contributed by atoms with van der Waals surface area (Å²) in [5.74, 6) is 2.63. The SMILES string of the molecule is COc1ccc(C2(c3ccc(Oc4ccc(-c5ccc(C)cc5)cc4)cc3)CCCCC2)cc1. The molecule has 2 nitrogen and oxygen atoms in total. The topological polar surface area (TPSA) is 18.5 Å². The minimum Gasteiger partial charge on any atom is -0.497 e. The smallest absolute Gasteiger partial charge is 0.127 e. The Bertz CT molecular complexity index is 1200. The molecule has 0 N–H and O–H groups in total. The van der Waals surface area contributed by atoms with Crippen molar-refractivity contribution < 1.29 is 9.47 Å². The molecule has 0 amide bonds. The van der Waals surface area contributed by atoms with Crippen LogP contribution in [0.15, 0.2) is 97.1 Å². The summed E-state index contributed by atoms with van der Waals surface area (Å²) >= 11 is 0. The maximum absolute atomic E-state index is 6.18. The van der Waals surface area contributed by atoms with Crippen molar-refractivity contribution in [3.8, 4) is 28.4 Å². The Morgan fingerprint density at radius 2 is 0.971 bits per heavy atom. The van der Waals surface area contributed by atoms with E-state index in [2.05, 4.69) is 91.9 Å². The lowest BCUT2D eigenvalue weighted by molar-refractivity contribution is 0.345. The molecule has 172 valence electrons. The van der Waals surface area contributed by atoms with Crippen molar-refractivity contribution in [2.75, 3.05) is 7.11 Å². The molecule has 1 aliphatic carbocycles. The first-order chi connectivity index (χ1) is 16.7. The second-order valence-corrected chi connectivity index (χ2v) is 9.39. The van der Waals surface area contributed by atoms with Crippen LogP contribution in [0.3, 0.4) is 0 Å². The Morgan fingerprint density at radius 1 is 0.529 bits per heavy atom. The van der Waals surface area contributed by atoms with Gasteiger partial charge in [0.1, 0.15) is 17.2 Å². The first kappa shape index (κ1) is 22.3. The van der Waals surface area contributed by atoms with Crippen LogP contribution in [0.4, 0.5) is 0 Å². The molecule has 0 aliphatic heterocycles. The molecule has 1 aliphatic rings. The molecule has 2 heteroatoms. The van der Waals surface area contributed by atoms with Gasteiger partial charge in [-0.15, -0.1) is 0 Å². The number of hydrogen-bond donors (Lipinski definition) is 0. The fraction of sp³-hybridized carbons (Fsp3) is 0.250. The van der Waals surface area contributed by atoms with E-state index in [9.17, 15) is 0 Å². The van der Waals surface area contributed by atoms with Gasteiger partial charge in [0.05, 0.1) is 7.11 Å². The van der Waals surface area contributed by atoms with Crippen molar-refractivity contribution in [1.82, 2.24) is 0 Å². The highest BCUT2D eigenvalue weighted by Gasteiger charge is 2.35.